The van der Waals surface area contributed by atoms with Crippen molar-refractivity contribution in [3.8, 4) is 11.8 Å². The quantitative estimate of drug-likeness (QED) is 0.562. The Kier molecular flexibility index (Phi) is 7.34. The number of aliphatic hydroxyl groups is 2. The van der Waals surface area contributed by atoms with Crippen molar-refractivity contribution < 1.29 is 19.7 Å². The molecule has 0 aliphatic carbocycles. The first-order valence-corrected chi connectivity index (χ1v) is 8.62. The first-order chi connectivity index (χ1) is 12.5. The third-order valence-electron chi connectivity index (χ3n) is 4.14. The van der Waals surface area contributed by atoms with Gasteiger partial charge in [-0.05, 0) is 41.7 Å². The molecule has 0 heterocycles. The topological polar surface area (TPSA) is 90.6 Å². The van der Waals surface area contributed by atoms with Crippen LogP contribution in [0.4, 0.5) is 0 Å². The molecule has 2 unspecified atom stereocenters. The maximum atomic E-state index is 12.3. The lowest BCUT2D eigenvalue weighted by atomic mass is 9.99. The number of rotatable bonds is 8. The fraction of sp³-hybridized carbons (Fsp3) is 0.333. The van der Waals surface area contributed by atoms with Gasteiger partial charge < -0.3 is 14.9 Å². The van der Waals surface area contributed by atoms with Crippen LogP contribution in [0.15, 0.2) is 48.5 Å². The Morgan fingerprint density at radius 1 is 1.04 bits per heavy atom. The van der Waals surface area contributed by atoms with Crippen LogP contribution in [0.25, 0.3) is 0 Å². The van der Waals surface area contributed by atoms with Crippen LogP contribution in [0.3, 0.4) is 0 Å². The second-order valence-corrected chi connectivity index (χ2v) is 6.16. The highest BCUT2D eigenvalue weighted by Crippen LogP contribution is 2.17. The minimum Gasteiger partial charge on any atom is -0.426 e. The number of esters is 1. The first-order valence-electron chi connectivity index (χ1n) is 8.62. The molecule has 0 bridgehead atoms. The van der Waals surface area contributed by atoms with E-state index in [9.17, 15) is 15.2 Å². The maximum absolute atomic E-state index is 12.3. The van der Waals surface area contributed by atoms with Gasteiger partial charge in [0.25, 0.3) is 0 Å². The molecule has 0 spiro atoms. The number of ether oxygens (including phenoxy) is 1. The van der Waals surface area contributed by atoms with Gasteiger partial charge >= 0.3 is 5.97 Å². The molecule has 0 fully saturated rings. The summed E-state index contributed by atoms with van der Waals surface area (Å²) >= 11 is 0. The molecule has 0 aliphatic rings. The molecule has 2 N–H and O–H groups in total. The number of nitriles is 1. The largest absolute Gasteiger partial charge is 0.426 e. The molecule has 2 atom stereocenters. The third kappa shape index (κ3) is 5.69. The molecule has 2 aromatic carbocycles. The molecule has 5 heteroatoms. The van der Waals surface area contributed by atoms with Gasteiger partial charge in [-0.25, -0.2) is 0 Å². The van der Waals surface area contributed by atoms with Crippen molar-refractivity contribution in [2.45, 2.75) is 32.3 Å². The number of benzene rings is 2. The zero-order valence-electron chi connectivity index (χ0n) is 14.8. The molecule has 0 amide bonds. The zero-order chi connectivity index (χ0) is 18.9. The predicted octanol–water partition coefficient (Wildman–Crippen LogP) is 2.43. The summed E-state index contributed by atoms with van der Waals surface area (Å²) in [6.45, 7) is 1.76. The van der Waals surface area contributed by atoms with Gasteiger partial charge in [0, 0.05) is 6.42 Å². The number of hydrogen-bond donors (Lipinski definition) is 2. The van der Waals surface area contributed by atoms with E-state index < -0.39 is 18.0 Å². The molecule has 0 aromatic heterocycles. The number of aryl methyl sites for hydroxylation is 1. The van der Waals surface area contributed by atoms with Crippen LogP contribution in [-0.4, -0.2) is 28.9 Å². The second-order valence-electron chi connectivity index (χ2n) is 6.16. The lowest BCUT2D eigenvalue weighted by Crippen LogP contribution is -2.21. The summed E-state index contributed by atoms with van der Waals surface area (Å²) in [7, 11) is 0. The van der Waals surface area contributed by atoms with Crippen molar-refractivity contribution in [1.82, 2.24) is 0 Å². The summed E-state index contributed by atoms with van der Waals surface area (Å²) in [6, 6.07) is 16.5. The van der Waals surface area contributed by atoms with E-state index in [-0.39, 0.29) is 6.61 Å². The van der Waals surface area contributed by atoms with Crippen LogP contribution in [0.5, 0.6) is 5.75 Å². The molecule has 5 nitrogen and oxygen atoms in total. The van der Waals surface area contributed by atoms with Gasteiger partial charge in [0.15, 0.2) is 0 Å². The molecule has 0 saturated heterocycles. The average molecular weight is 353 g/mol. The van der Waals surface area contributed by atoms with Gasteiger partial charge in [0.05, 0.1) is 18.8 Å². The van der Waals surface area contributed by atoms with Crippen molar-refractivity contribution in [2.75, 3.05) is 6.61 Å². The summed E-state index contributed by atoms with van der Waals surface area (Å²) in [5.41, 5.74) is 2.94. The standard InChI is InChI=1S/C21H23NO4/c1-2-15-3-5-16(6-4-15)11-18(13-22)21(25)26-20-9-7-17(8-10-20)12-19(24)14-23/h3-10,18-19,23-24H,2,11-12,14H2,1H3. The van der Waals surface area contributed by atoms with Crippen molar-refractivity contribution >= 4 is 5.97 Å². The average Bonchev–Trinajstić information content (AvgIpc) is 2.67. The van der Waals surface area contributed by atoms with Crippen LogP contribution in [0.1, 0.15) is 23.6 Å². The van der Waals surface area contributed by atoms with E-state index in [1.54, 1.807) is 24.3 Å². The smallest absolute Gasteiger partial charge is 0.329 e. The van der Waals surface area contributed by atoms with E-state index >= 15 is 0 Å². The van der Waals surface area contributed by atoms with Gasteiger partial charge in [0.2, 0.25) is 0 Å². The van der Waals surface area contributed by atoms with E-state index in [0.29, 0.717) is 18.6 Å². The molecule has 0 radical (unpaired) electrons. The third-order valence-corrected chi connectivity index (χ3v) is 4.14. The van der Waals surface area contributed by atoms with Gasteiger partial charge in [-0.15, -0.1) is 0 Å². The molecule has 2 rings (SSSR count). The van der Waals surface area contributed by atoms with Crippen LogP contribution in [0, 0.1) is 17.2 Å². The molecule has 0 saturated carbocycles. The SMILES string of the molecule is CCc1ccc(CC(C#N)C(=O)Oc2ccc(CC(O)CO)cc2)cc1. The minimum atomic E-state index is -0.877. The normalized spacial score (nSPS) is 12.8. The molecular formula is C21H23NO4. The van der Waals surface area contributed by atoms with E-state index in [1.165, 1.54) is 5.56 Å². The van der Waals surface area contributed by atoms with Crippen molar-refractivity contribution in [3.05, 3.63) is 65.2 Å². The first kappa shape index (κ1) is 19.6. The minimum absolute atomic E-state index is 0.306. The highest BCUT2D eigenvalue weighted by atomic mass is 16.5. The number of hydrogen-bond acceptors (Lipinski definition) is 5. The molecular weight excluding hydrogens is 330 g/mol. The summed E-state index contributed by atoms with van der Waals surface area (Å²) in [4.78, 5) is 12.3. The lowest BCUT2D eigenvalue weighted by molar-refractivity contribution is -0.137. The van der Waals surface area contributed by atoms with Crippen molar-refractivity contribution in [1.29, 1.82) is 5.26 Å². The van der Waals surface area contributed by atoms with Gasteiger partial charge in [0.1, 0.15) is 11.7 Å². The Labute approximate surface area is 153 Å². The highest BCUT2D eigenvalue weighted by molar-refractivity contribution is 5.78. The van der Waals surface area contributed by atoms with Crippen LogP contribution >= 0.6 is 0 Å². The fourth-order valence-electron chi connectivity index (χ4n) is 2.55. The van der Waals surface area contributed by atoms with E-state index in [0.717, 1.165) is 17.5 Å². The van der Waals surface area contributed by atoms with E-state index in [4.69, 9.17) is 9.84 Å². The summed E-state index contributed by atoms with van der Waals surface area (Å²) < 4.78 is 5.30. The van der Waals surface area contributed by atoms with Crippen molar-refractivity contribution in [2.24, 2.45) is 5.92 Å². The number of nitrogens with zero attached hydrogens (tertiary/aromatic N) is 1. The van der Waals surface area contributed by atoms with E-state index in [2.05, 4.69) is 6.92 Å². The molecule has 2 aromatic rings. The summed E-state index contributed by atoms with van der Waals surface area (Å²) in [5.74, 6) is -1.12. The Morgan fingerprint density at radius 2 is 1.58 bits per heavy atom. The zero-order valence-corrected chi connectivity index (χ0v) is 14.8. The number of carbonyl (C=O) groups excluding carboxylic acids is 1. The Hall–Kier alpha value is -2.68. The van der Waals surface area contributed by atoms with Gasteiger partial charge in [-0.2, -0.15) is 5.26 Å². The maximum Gasteiger partial charge on any atom is 0.329 e. The van der Waals surface area contributed by atoms with E-state index in [1.807, 2.05) is 30.3 Å². The summed E-state index contributed by atoms with van der Waals surface area (Å²) in [6.07, 6.45) is 0.750. The number of carbonyl (C=O) groups is 1. The van der Waals surface area contributed by atoms with Gasteiger partial charge in [-0.3, -0.25) is 4.79 Å². The predicted molar refractivity (Wildman–Crippen MR) is 97.5 cm³/mol. The monoisotopic (exact) mass is 353 g/mol. The Morgan fingerprint density at radius 3 is 2.12 bits per heavy atom. The van der Waals surface area contributed by atoms with Gasteiger partial charge in [-0.1, -0.05) is 43.3 Å². The number of aliphatic hydroxyl groups excluding tert-OH is 2. The molecule has 0 aliphatic heterocycles. The van der Waals surface area contributed by atoms with Crippen molar-refractivity contribution in [3.63, 3.8) is 0 Å². The molecule has 26 heavy (non-hydrogen) atoms. The highest BCUT2D eigenvalue weighted by Gasteiger charge is 2.21. The lowest BCUT2D eigenvalue weighted by Gasteiger charge is -2.11. The van der Waals surface area contributed by atoms with Crippen LogP contribution in [0.2, 0.25) is 0 Å². The Bertz CT molecular complexity index is 747. The van der Waals surface area contributed by atoms with Crippen LogP contribution < -0.4 is 4.74 Å². The summed E-state index contributed by atoms with van der Waals surface area (Å²) in [5, 5.41) is 27.6. The Balaban J connectivity index is 1.96. The molecule has 136 valence electrons. The fourth-order valence-corrected chi connectivity index (χ4v) is 2.55. The van der Waals surface area contributed by atoms with Crippen LogP contribution in [-0.2, 0) is 24.1 Å². The second kappa shape index (κ2) is 9.71.